The number of allylic oxidation sites excluding steroid dienone is 2. The summed E-state index contributed by atoms with van der Waals surface area (Å²) < 4.78 is 24.8. The minimum atomic E-state index is -3.73. The van der Waals surface area contributed by atoms with Crippen LogP contribution in [0.3, 0.4) is 0 Å². The molecule has 0 aliphatic carbocycles. The van der Waals surface area contributed by atoms with E-state index in [0.717, 1.165) is 0 Å². The summed E-state index contributed by atoms with van der Waals surface area (Å²) in [6.07, 6.45) is 4.97. The van der Waals surface area contributed by atoms with Gasteiger partial charge in [-0.1, -0.05) is 26.0 Å². The lowest BCUT2D eigenvalue weighted by atomic mass is 10.2. The van der Waals surface area contributed by atoms with Crippen molar-refractivity contribution in [3.63, 3.8) is 0 Å². The summed E-state index contributed by atoms with van der Waals surface area (Å²) in [6.45, 7) is 6.25. The fraction of sp³-hybridized carbons (Fsp3) is 0.545. The number of nitrogens with zero attached hydrogens (tertiary/aromatic N) is 2. The van der Waals surface area contributed by atoms with Crippen molar-refractivity contribution < 1.29 is 8.42 Å². The third kappa shape index (κ3) is 3.10. The summed E-state index contributed by atoms with van der Waals surface area (Å²) >= 11 is 0. The second kappa shape index (κ2) is 5.69. The van der Waals surface area contributed by atoms with Crippen molar-refractivity contribution in [2.75, 3.05) is 0 Å². The molecule has 0 aliphatic rings. The van der Waals surface area contributed by atoms with E-state index in [1.807, 2.05) is 32.9 Å². The molecule has 0 aliphatic heterocycles. The van der Waals surface area contributed by atoms with Gasteiger partial charge in [0, 0.05) is 10.7 Å². The fourth-order valence-corrected chi connectivity index (χ4v) is 3.28. The van der Waals surface area contributed by atoms with Crippen LogP contribution in [0.15, 0.2) is 17.0 Å². The van der Waals surface area contributed by atoms with Crippen LogP contribution < -0.4 is 0 Å². The first-order valence-corrected chi connectivity index (χ1v) is 7.90. The predicted octanol–water partition coefficient (Wildman–Crippen LogP) is 2.51. The molecule has 0 unspecified atom stereocenters. The van der Waals surface area contributed by atoms with Crippen LogP contribution >= 0.6 is 10.7 Å². The molecule has 4 nitrogen and oxygen atoms in total. The molecule has 96 valence electrons. The lowest BCUT2D eigenvalue weighted by Crippen LogP contribution is -2.04. The Kier molecular flexibility index (Phi) is 4.77. The molecule has 6 heteroatoms. The number of hydrogen-bond acceptors (Lipinski definition) is 3. The van der Waals surface area contributed by atoms with E-state index in [1.165, 1.54) is 0 Å². The molecule has 0 saturated heterocycles. The highest BCUT2D eigenvalue weighted by Gasteiger charge is 2.24. The molecule has 1 aromatic heterocycles. The van der Waals surface area contributed by atoms with Crippen LogP contribution in [-0.4, -0.2) is 18.2 Å². The maximum absolute atomic E-state index is 11.6. The molecular formula is C11H17ClN2O2S. The lowest BCUT2D eigenvalue weighted by Gasteiger charge is -2.03. The van der Waals surface area contributed by atoms with Gasteiger partial charge >= 0.3 is 0 Å². The van der Waals surface area contributed by atoms with Crippen LogP contribution in [0.5, 0.6) is 0 Å². The van der Waals surface area contributed by atoms with E-state index in [1.54, 1.807) is 4.68 Å². The number of aryl methyl sites for hydroxylation is 1. The van der Waals surface area contributed by atoms with Gasteiger partial charge in [-0.05, 0) is 19.8 Å². The zero-order valence-corrected chi connectivity index (χ0v) is 11.8. The minimum absolute atomic E-state index is 0.189. The molecule has 0 radical (unpaired) electrons. The summed E-state index contributed by atoms with van der Waals surface area (Å²) in [5.74, 6) is 0. The molecule has 0 spiro atoms. The highest BCUT2D eigenvalue weighted by atomic mass is 35.7. The maximum atomic E-state index is 11.6. The van der Waals surface area contributed by atoms with Crippen LogP contribution in [0.25, 0.3) is 0 Å². The first-order valence-electron chi connectivity index (χ1n) is 5.60. The van der Waals surface area contributed by atoms with E-state index >= 15 is 0 Å². The second-order valence-electron chi connectivity index (χ2n) is 3.62. The SMILES string of the molecule is C/C=C/Cn1nc(CC)c(S(=O)(=O)Cl)c1CC. The van der Waals surface area contributed by atoms with Gasteiger partial charge in [0.25, 0.3) is 9.05 Å². The van der Waals surface area contributed by atoms with Gasteiger partial charge in [0.2, 0.25) is 0 Å². The molecule has 0 atom stereocenters. The molecule has 0 saturated carbocycles. The number of halogens is 1. The van der Waals surface area contributed by atoms with E-state index in [4.69, 9.17) is 10.7 Å². The van der Waals surface area contributed by atoms with Gasteiger partial charge in [-0.25, -0.2) is 8.42 Å². The largest absolute Gasteiger partial charge is 0.264 e. The Bertz CT molecular complexity index is 518. The van der Waals surface area contributed by atoms with Crippen LogP contribution in [0.2, 0.25) is 0 Å². The molecule has 1 aromatic rings. The number of aromatic nitrogens is 2. The third-order valence-corrected chi connectivity index (χ3v) is 3.93. The van der Waals surface area contributed by atoms with Crippen molar-refractivity contribution >= 4 is 19.7 Å². The topological polar surface area (TPSA) is 52.0 Å². The van der Waals surface area contributed by atoms with Crippen molar-refractivity contribution in [3.05, 3.63) is 23.5 Å². The monoisotopic (exact) mass is 276 g/mol. The first kappa shape index (κ1) is 14.3. The molecule has 0 aromatic carbocycles. The van der Waals surface area contributed by atoms with Gasteiger partial charge < -0.3 is 0 Å². The van der Waals surface area contributed by atoms with E-state index in [-0.39, 0.29) is 4.90 Å². The van der Waals surface area contributed by atoms with Gasteiger partial charge in [0.05, 0.1) is 17.9 Å². The molecule has 0 amide bonds. The zero-order valence-electron chi connectivity index (χ0n) is 10.3. The molecular weight excluding hydrogens is 260 g/mol. The van der Waals surface area contributed by atoms with Crippen molar-refractivity contribution in [2.24, 2.45) is 0 Å². The van der Waals surface area contributed by atoms with Crippen molar-refractivity contribution in [1.29, 1.82) is 0 Å². The smallest absolute Gasteiger partial charge is 0.264 e. The van der Waals surface area contributed by atoms with Gasteiger partial charge in [-0.15, -0.1) is 0 Å². The van der Waals surface area contributed by atoms with Gasteiger partial charge in [-0.2, -0.15) is 5.10 Å². The van der Waals surface area contributed by atoms with Crippen LogP contribution in [0.1, 0.15) is 32.2 Å². The lowest BCUT2D eigenvalue weighted by molar-refractivity contribution is 0.606. The Balaban J connectivity index is 3.41. The molecule has 0 N–H and O–H groups in total. The zero-order chi connectivity index (χ0) is 13.1. The van der Waals surface area contributed by atoms with Crippen molar-refractivity contribution in [3.8, 4) is 0 Å². The summed E-state index contributed by atoms with van der Waals surface area (Å²) in [6, 6.07) is 0. The van der Waals surface area contributed by atoms with Crippen LogP contribution in [0, 0.1) is 0 Å². The minimum Gasteiger partial charge on any atom is -0.264 e. The summed E-state index contributed by atoms with van der Waals surface area (Å²) in [5, 5.41) is 4.31. The second-order valence-corrected chi connectivity index (χ2v) is 6.12. The normalized spacial score (nSPS) is 12.5. The average molecular weight is 277 g/mol. The standard InChI is InChI=1S/C11H17ClN2O2S/c1-4-7-8-14-10(6-3)11(17(12,15)16)9(5-2)13-14/h4,7H,5-6,8H2,1-3H3/b7-4+. The van der Waals surface area contributed by atoms with E-state index in [9.17, 15) is 8.42 Å². The number of rotatable bonds is 5. The van der Waals surface area contributed by atoms with Gasteiger partial charge in [0.15, 0.2) is 0 Å². The summed E-state index contributed by atoms with van der Waals surface area (Å²) in [4.78, 5) is 0.189. The molecule has 17 heavy (non-hydrogen) atoms. The molecule has 1 rings (SSSR count). The predicted molar refractivity (Wildman–Crippen MR) is 68.8 cm³/mol. The van der Waals surface area contributed by atoms with E-state index < -0.39 is 9.05 Å². The Hall–Kier alpha value is -0.810. The summed E-state index contributed by atoms with van der Waals surface area (Å²) in [7, 11) is 1.75. The highest BCUT2D eigenvalue weighted by Crippen LogP contribution is 2.25. The third-order valence-electron chi connectivity index (χ3n) is 2.50. The maximum Gasteiger partial charge on any atom is 0.264 e. The summed E-state index contributed by atoms with van der Waals surface area (Å²) in [5.41, 5.74) is 1.22. The highest BCUT2D eigenvalue weighted by molar-refractivity contribution is 8.13. The first-order chi connectivity index (χ1) is 7.95. The quantitative estimate of drug-likeness (QED) is 0.613. The van der Waals surface area contributed by atoms with Gasteiger partial charge in [0.1, 0.15) is 4.90 Å². The van der Waals surface area contributed by atoms with Crippen LogP contribution in [-0.2, 0) is 28.4 Å². The Morgan fingerprint density at radius 1 is 1.35 bits per heavy atom. The number of hydrogen-bond donors (Lipinski definition) is 0. The van der Waals surface area contributed by atoms with Crippen molar-refractivity contribution in [2.45, 2.75) is 45.1 Å². The molecule has 0 fully saturated rings. The Morgan fingerprint density at radius 2 is 2.00 bits per heavy atom. The fourth-order valence-electron chi connectivity index (χ4n) is 1.75. The Labute approximate surface area is 107 Å². The molecule has 1 heterocycles. The average Bonchev–Trinajstić information content (AvgIpc) is 2.63. The van der Waals surface area contributed by atoms with Crippen molar-refractivity contribution in [1.82, 2.24) is 9.78 Å². The Morgan fingerprint density at radius 3 is 2.41 bits per heavy atom. The van der Waals surface area contributed by atoms with E-state index in [0.29, 0.717) is 30.8 Å². The van der Waals surface area contributed by atoms with Gasteiger partial charge in [-0.3, -0.25) is 4.68 Å². The van der Waals surface area contributed by atoms with Crippen LogP contribution in [0.4, 0.5) is 0 Å². The molecule has 0 bridgehead atoms. The van der Waals surface area contributed by atoms with E-state index in [2.05, 4.69) is 5.10 Å².